The van der Waals surface area contributed by atoms with Gasteiger partial charge in [-0.3, -0.25) is 0 Å². The Labute approximate surface area is 131 Å². The van der Waals surface area contributed by atoms with Crippen molar-refractivity contribution < 1.29 is 13.5 Å². The lowest BCUT2D eigenvalue weighted by Crippen LogP contribution is -2.38. The number of aliphatic hydroxyl groups is 1. The molecule has 0 aromatic heterocycles. The fraction of sp³-hybridized carbons (Fsp3) is 0.600. The summed E-state index contributed by atoms with van der Waals surface area (Å²) >= 11 is 5.65. The molecule has 0 radical (unpaired) electrons. The molecule has 0 spiro atoms. The molecule has 1 saturated carbocycles. The first-order valence-corrected chi connectivity index (χ1v) is 9.38. The molecule has 1 aliphatic carbocycles. The number of hydrogen-bond acceptors (Lipinski definition) is 3. The molecule has 1 aromatic rings. The topological polar surface area (TPSA) is 66.4 Å². The van der Waals surface area contributed by atoms with Crippen LogP contribution in [0, 0.1) is 0 Å². The number of aryl methyl sites for hydroxylation is 1. The molecular formula is C15H22ClNO3S. The zero-order chi connectivity index (χ0) is 15.3. The fourth-order valence-electron chi connectivity index (χ4n) is 2.59. The first kappa shape index (κ1) is 16.7. The number of nitrogens with one attached hydrogen (secondary N) is 1. The summed E-state index contributed by atoms with van der Waals surface area (Å²) in [4.78, 5) is 0.295. The molecule has 4 nitrogen and oxygen atoms in total. The lowest BCUT2D eigenvalue weighted by molar-refractivity contribution is 0.120. The number of rotatable bonds is 6. The fourth-order valence-corrected chi connectivity index (χ4v) is 4.03. The van der Waals surface area contributed by atoms with Gasteiger partial charge in [0.1, 0.15) is 0 Å². The van der Waals surface area contributed by atoms with Gasteiger partial charge in [-0.2, -0.15) is 0 Å². The van der Waals surface area contributed by atoms with E-state index in [4.69, 9.17) is 11.6 Å². The van der Waals surface area contributed by atoms with Crippen molar-refractivity contribution in [1.82, 2.24) is 4.72 Å². The van der Waals surface area contributed by atoms with Crippen LogP contribution < -0.4 is 4.72 Å². The van der Waals surface area contributed by atoms with E-state index in [1.165, 1.54) is 0 Å². The predicted molar refractivity (Wildman–Crippen MR) is 84.1 cm³/mol. The Morgan fingerprint density at radius 1 is 1.14 bits per heavy atom. The number of sulfonamides is 1. The van der Waals surface area contributed by atoms with Crippen LogP contribution in [0.3, 0.4) is 0 Å². The van der Waals surface area contributed by atoms with Gasteiger partial charge < -0.3 is 5.11 Å². The van der Waals surface area contributed by atoms with Crippen molar-refractivity contribution in [3.05, 3.63) is 29.8 Å². The largest absolute Gasteiger partial charge is 0.393 e. The number of alkyl halides is 1. The highest BCUT2D eigenvalue weighted by Gasteiger charge is 2.24. The van der Waals surface area contributed by atoms with Gasteiger partial charge in [0, 0.05) is 11.9 Å². The highest BCUT2D eigenvalue weighted by Crippen LogP contribution is 2.21. The maximum absolute atomic E-state index is 12.3. The minimum atomic E-state index is -3.47. The van der Waals surface area contributed by atoms with Crippen LogP contribution in [0.5, 0.6) is 0 Å². The summed E-state index contributed by atoms with van der Waals surface area (Å²) in [5, 5.41) is 9.46. The van der Waals surface area contributed by atoms with Crippen molar-refractivity contribution in [2.24, 2.45) is 0 Å². The summed E-state index contributed by atoms with van der Waals surface area (Å²) in [6, 6.07) is 6.89. The predicted octanol–water partition coefficient (Wildman–Crippen LogP) is 2.44. The summed E-state index contributed by atoms with van der Waals surface area (Å²) in [5.41, 5.74) is 1.09. The number of hydrogen-bond donors (Lipinski definition) is 2. The van der Waals surface area contributed by atoms with E-state index in [0.717, 1.165) is 18.4 Å². The van der Waals surface area contributed by atoms with Crippen LogP contribution in [0.2, 0.25) is 0 Å². The maximum Gasteiger partial charge on any atom is 0.240 e. The zero-order valence-corrected chi connectivity index (χ0v) is 13.5. The SMILES string of the molecule is O=S(=O)(NC1CCC(O)CC1)c1ccc(CCCCl)cc1. The first-order valence-electron chi connectivity index (χ1n) is 7.36. The smallest absolute Gasteiger partial charge is 0.240 e. The average Bonchev–Trinajstić information content (AvgIpc) is 2.48. The van der Waals surface area contributed by atoms with Crippen molar-refractivity contribution in [3.8, 4) is 0 Å². The maximum atomic E-state index is 12.3. The van der Waals surface area contributed by atoms with Gasteiger partial charge in [0.05, 0.1) is 11.0 Å². The van der Waals surface area contributed by atoms with Crippen LogP contribution in [0.15, 0.2) is 29.2 Å². The molecule has 0 aliphatic heterocycles. The van der Waals surface area contributed by atoms with E-state index in [2.05, 4.69) is 4.72 Å². The van der Waals surface area contributed by atoms with Crippen molar-refractivity contribution in [2.45, 2.75) is 55.6 Å². The molecule has 1 fully saturated rings. The monoisotopic (exact) mass is 331 g/mol. The van der Waals surface area contributed by atoms with E-state index in [9.17, 15) is 13.5 Å². The Hall–Kier alpha value is -0.620. The van der Waals surface area contributed by atoms with Crippen molar-refractivity contribution in [3.63, 3.8) is 0 Å². The van der Waals surface area contributed by atoms with Crippen LogP contribution in [0.4, 0.5) is 0 Å². The molecule has 1 aliphatic rings. The first-order chi connectivity index (χ1) is 10.0. The van der Waals surface area contributed by atoms with Crippen LogP contribution >= 0.6 is 11.6 Å². The van der Waals surface area contributed by atoms with Crippen LogP contribution in [-0.2, 0) is 16.4 Å². The molecule has 0 heterocycles. The molecule has 21 heavy (non-hydrogen) atoms. The van der Waals surface area contributed by atoms with Crippen molar-refractivity contribution in [1.29, 1.82) is 0 Å². The number of aliphatic hydroxyl groups excluding tert-OH is 1. The second-order valence-corrected chi connectivity index (χ2v) is 7.66. The second kappa shape index (κ2) is 7.58. The van der Waals surface area contributed by atoms with Gasteiger partial charge in [-0.05, 0) is 56.2 Å². The van der Waals surface area contributed by atoms with E-state index in [-0.39, 0.29) is 12.1 Å². The highest BCUT2D eigenvalue weighted by atomic mass is 35.5. The molecule has 0 saturated heterocycles. The summed E-state index contributed by atoms with van der Waals surface area (Å²) in [5.74, 6) is 0.606. The molecule has 2 rings (SSSR count). The number of benzene rings is 1. The molecule has 1 aromatic carbocycles. The normalized spacial score (nSPS) is 23.1. The standard InChI is InChI=1S/C15H22ClNO3S/c16-11-1-2-12-3-9-15(10-4-12)21(19,20)17-13-5-7-14(18)8-6-13/h3-4,9-10,13-14,17-18H,1-2,5-8,11H2. The lowest BCUT2D eigenvalue weighted by Gasteiger charge is -2.26. The molecular weight excluding hydrogens is 310 g/mol. The lowest BCUT2D eigenvalue weighted by atomic mass is 9.94. The van der Waals surface area contributed by atoms with Gasteiger partial charge in [-0.25, -0.2) is 13.1 Å². The van der Waals surface area contributed by atoms with Gasteiger partial charge in [-0.1, -0.05) is 12.1 Å². The minimum absolute atomic E-state index is 0.0747. The summed E-state index contributed by atoms with van der Waals surface area (Å²) in [6.45, 7) is 0. The van der Waals surface area contributed by atoms with E-state index in [1.807, 2.05) is 12.1 Å². The summed E-state index contributed by atoms with van der Waals surface area (Å²) in [7, 11) is -3.47. The average molecular weight is 332 g/mol. The van der Waals surface area contributed by atoms with Crippen molar-refractivity contribution >= 4 is 21.6 Å². The Bertz CT molecular complexity index is 537. The number of halogens is 1. The van der Waals surface area contributed by atoms with E-state index in [0.29, 0.717) is 36.5 Å². The third-order valence-corrected chi connectivity index (χ3v) is 5.65. The van der Waals surface area contributed by atoms with Gasteiger partial charge >= 0.3 is 0 Å². The van der Waals surface area contributed by atoms with E-state index in [1.54, 1.807) is 12.1 Å². The third kappa shape index (κ3) is 4.95. The molecule has 0 unspecified atom stereocenters. The summed E-state index contributed by atoms with van der Waals surface area (Å²) in [6.07, 6.45) is 4.15. The molecule has 2 N–H and O–H groups in total. The zero-order valence-electron chi connectivity index (χ0n) is 12.0. The minimum Gasteiger partial charge on any atom is -0.393 e. The van der Waals surface area contributed by atoms with Gasteiger partial charge in [0.2, 0.25) is 10.0 Å². The molecule has 6 heteroatoms. The summed E-state index contributed by atoms with van der Waals surface area (Å²) < 4.78 is 27.4. The third-order valence-electron chi connectivity index (χ3n) is 3.85. The van der Waals surface area contributed by atoms with Crippen molar-refractivity contribution in [2.75, 3.05) is 5.88 Å². The van der Waals surface area contributed by atoms with Crippen LogP contribution in [-0.4, -0.2) is 31.6 Å². The molecule has 0 atom stereocenters. The van der Waals surface area contributed by atoms with E-state index < -0.39 is 10.0 Å². The molecule has 118 valence electrons. The van der Waals surface area contributed by atoms with E-state index >= 15 is 0 Å². The highest BCUT2D eigenvalue weighted by molar-refractivity contribution is 7.89. The van der Waals surface area contributed by atoms with Gasteiger partial charge in [0.25, 0.3) is 0 Å². The quantitative estimate of drug-likeness (QED) is 0.787. The Morgan fingerprint density at radius 2 is 1.76 bits per heavy atom. The van der Waals surface area contributed by atoms with Gasteiger partial charge in [-0.15, -0.1) is 11.6 Å². The Kier molecular flexibility index (Phi) is 6.05. The Morgan fingerprint density at radius 3 is 2.33 bits per heavy atom. The van der Waals surface area contributed by atoms with Gasteiger partial charge in [0.15, 0.2) is 0 Å². The second-order valence-electron chi connectivity index (χ2n) is 5.56. The van der Waals surface area contributed by atoms with Crippen LogP contribution in [0.1, 0.15) is 37.7 Å². The molecule has 0 bridgehead atoms. The van der Waals surface area contributed by atoms with Crippen LogP contribution in [0.25, 0.3) is 0 Å². The Balaban J connectivity index is 1.98. The molecule has 0 amide bonds.